The van der Waals surface area contributed by atoms with Crippen molar-refractivity contribution in [3.8, 4) is 0 Å². The van der Waals surface area contributed by atoms with Gasteiger partial charge >= 0.3 is 5.97 Å². The van der Waals surface area contributed by atoms with Gasteiger partial charge in [-0.15, -0.1) is 0 Å². The summed E-state index contributed by atoms with van der Waals surface area (Å²) in [6.45, 7) is 10.3. The minimum absolute atomic E-state index is 0.275. The summed E-state index contributed by atoms with van der Waals surface area (Å²) in [5, 5.41) is 9.36. The first-order chi connectivity index (χ1) is 7.26. The molecule has 0 aromatic carbocycles. The number of nitrogens with zero attached hydrogens (tertiary/aromatic N) is 1. The Morgan fingerprint density at radius 1 is 1.38 bits per heavy atom. The molecule has 1 N–H and O–H groups in total. The first kappa shape index (κ1) is 13.5. The molecule has 0 aromatic heterocycles. The van der Waals surface area contributed by atoms with Crippen LogP contribution in [0.5, 0.6) is 0 Å². The second-order valence-corrected chi connectivity index (χ2v) is 6.33. The summed E-state index contributed by atoms with van der Waals surface area (Å²) in [5.41, 5.74) is -0.361. The lowest BCUT2D eigenvalue weighted by atomic mass is 9.86. The zero-order chi connectivity index (χ0) is 12.4. The number of piperidine rings is 1. The largest absolute Gasteiger partial charge is 0.480 e. The average Bonchev–Trinajstić information content (AvgIpc) is 2.15. The number of hydrogen-bond donors (Lipinski definition) is 1. The summed E-state index contributed by atoms with van der Waals surface area (Å²) in [6, 6.07) is 0. The van der Waals surface area contributed by atoms with E-state index in [0.29, 0.717) is 0 Å². The standard InChI is InChI=1S/C13H25NO2/c1-12(2,3)8-10-14-9-6-5-7-13(14,4)11(15)16/h5-10H2,1-4H3,(H,15,16). The van der Waals surface area contributed by atoms with E-state index in [2.05, 4.69) is 25.7 Å². The zero-order valence-corrected chi connectivity index (χ0v) is 11.0. The highest BCUT2D eigenvalue weighted by molar-refractivity contribution is 5.78. The molecule has 1 fully saturated rings. The van der Waals surface area contributed by atoms with Gasteiger partial charge in [0.25, 0.3) is 0 Å². The predicted molar refractivity (Wildman–Crippen MR) is 65.5 cm³/mol. The van der Waals surface area contributed by atoms with Crippen LogP contribution in [-0.2, 0) is 4.79 Å². The van der Waals surface area contributed by atoms with Gasteiger partial charge < -0.3 is 5.11 Å². The molecular formula is C13H25NO2. The molecule has 0 aromatic rings. The van der Waals surface area contributed by atoms with Crippen molar-refractivity contribution < 1.29 is 9.90 Å². The molecule has 1 unspecified atom stereocenters. The van der Waals surface area contributed by atoms with Crippen molar-refractivity contribution in [3.63, 3.8) is 0 Å². The van der Waals surface area contributed by atoms with Crippen molar-refractivity contribution in [1.82, 2.24) is 4.90 Å². The maximum Gasteiger partial charge on any atom is 0.323 e. The molecule has 1 rings (SSSR count). The molecular weight excluding hydrogens is 202 g/mol. The Balaban J connectivity index is 2.64. The molecule has 3 nitrogen and oxygen atoms in total. The van der Waals surface area contributed by atoms with Gasteiger partial charge in [0.15, 0.2) is 0 Å². The van der Waals surface area contributed by atoms with E-state index in [0.717, 1.165) is 38.8 Å². The highest BCUT2D eigenvalue weighted by Crippen LogP contribution is 2.30. The van der Waals surface area contributed by atoms with Crippen LogP contribution in [0.3, 0.4) is 0 Å². The van der Waals surface area contributed by atoms with Gasteiger partial charge in [0.05, 0.1) is 0 Å². The highest BCUT2D eigenvalue weighted by atomic mass is 16.4. The normalized spacial score (nSPS) is 28.0. The number of carbonyl (C=O) groups is 1. The van der Waals surface area contributed by atoms with Gasteiger partial charge in [-0.05, 0) is 51.1 Å². The second kappa shape index (κ2) is 4.74. The third kappa shape index (κ3) is 3.21. The Kier molecular flexibility index (Phi) is 4.00. The lowest BCUT2D eigenvalue weighted by molar-refractivity contribution is -0.153. The summed E-state index contributed by atoms with van der Waals surface area (Å²) in [5.74, 6) is -0.666. The minimum Gasteiger partial charge on any atom is -0.480 e. The molecule has 1 atom stereocenters. The van der Waals surface area contributed by atoms with Gasteiger partial charge in [-0.1, -0.05) is 20.8 Å². The van der Waals surface area contributed by atoms with Crippen molar-refractivity contribution in [2.24, 2.45) is 5.41 Å². The summed E-state index contributed by atoms with van der Waals surface area (Å²) in [7, 11) is 0. The summed E-state index contributed by atoms with van der Waals surface area (Å²) >= 11 is 0. The van der Waals surface area contributed by atoms with Crippen LogP contribution < -0.4 is 0 Å². The third-order valence-electron chi connectivity index (χ3n) is 3.63. The van der Waals surface area contributed by atoms with Gasteiger partial charge in [-0.3, -0.25) is 9.69 Å². The van der Waals surface area contributed by atoms with E-state index in [1.807, 2.05) is 6.92 Å². The van der Waals surface area contributed by atoms with Crippen LogP contribution in [0.4, 0.5) is 0 Å². The maximum atomic E-state index is 11.4. The molecule has 1 aliphatic rings. The molecule has 0 radical (unpaired) electrons. The fourth-order valence-electron chi connectivity index (χ4n) is 2.25. The lowest BCUT2D eigenvalue weighted by Crippen LogP contribution is -2.55. The Hall–Kier alpha value is -0.570. The van der Waals surface area contributed by atoms with E-state index in [1.54, 1.807) is 0 Å². The third-order valence-corrected chi connectivity index (χ3v) is 3.63. The fraction of sp³-hybridized carbons (Fsp3) is 0.923. The van der Waals surface area contributed by atoms with Gasteiger partial charge in [0.1, 0.15) is 5.54 Å². The minimum atomic E-state index is -0.666. The average molecular weight is 227 g/mol. The van der Waals surface area contributed by atoms with Crippen molar-refractivity contribution in [2.45, 2.75) is 58.9 Å². The number of rotatable bonds is 3. The lowest BCUT2D eigenvalue weighted by Gasteiger charge is -2.42. The molecule has 94 valence electrons. The van der Waals surface area contributed by atoms with Crippen molar-refractivity contribution in [2.75, 3.05) is 13.1 Å². The molecule has 0 amide bonds. The van der Waals surface area contributed by atoms with Gasteiger partial charge in [-0.2, -0.15) is 0 Å². The number of likely N-dealkylation sites (tertiary alicyclic amines) is 1. The molecule has 3 heteroatoms. The van der Waals surface area contributed by atoms with Gasteiger partial charge in [0.2, 0.25) is 0 Å². The molecule has 0 bridgehead atoms. The fourth-order valence-corrected chi connectivity index (χ4v) is 2.25. The number of carboxylic acid groups (broad SMARTS) is 1. The Bertz CT molecular complexity index is 257. The van der Waals surface area contributed by atoms with Crippen molar-refractivity contribution in [3.05, 3.63) is 0 Å². The van der Waals surface area contributed by atoms with Crippen LogP contribution in [-0.4, -0.2) is 34.6 Å². The van der Waals surface area contributed by atoms with Crippen molar-refractivity contribution in [1.29, 1.82) is 0 Å². The van der Waals surface area contributed by atoms with Crippen LogP contribution in [0.2, 0.25) is 0 Å². The zero-order valence-electron chi connectivity index (χ0n) is 11.0. The molecule has 1 saturated heterocycles. The van der Waals surface area contributed by atoms with E-state index in [4.69, 9.17) is 0 Å². The Morgan fingerprint density at radius 3 is 2.50 bits per heavy atom. The molecule has 0 aliphatic carbocycles. The smallest absolute Gasteiger partial charge is 0.323 e. The summed E-state index contributed by atoms with van der Waals surface area (Å²) in [6.07, 6.45) is 4.00. The Morgan fingerprint density at radius 2 is 2.00 bits per heavy atom. The number of hydrogen-bond acceptors (Lipinski definition) is 2. The van der Waals surface area contributed by atoms with E-state index in [9.17, 15) is 9.90 Å². The monoisotopic (exact) mass is 227 g/mol. The molecule has 1 heterocycles. The first-order valence-electron chi connectivity index (χ1n) is 6.24. The van der Waals surface area contributed by atoms with Gasteiger partial charge in [-0.25, -0.2) is 0 Å². The summed E-state index contributed by atoms with van der Waals surface area (Å²) < 4.78 is 0. The maximum absolute atomic E-state index is 11.4. The topological polar surface area (TPSA) is 40.5 Å². The first-order valence-corrected chi connectivity index (χ1v) is 6.24. The summed E-state index contributed by atoms with van der Waals surface area (Å²) in [4.78, 5) is 13.5. The van der Waals surface area contributed by atoms with Crippen LogP contribution in [0.1, 0.15) is 53.4 Å². The quantitative estimate of drug-likeness (QED) is 0.806. The van der Waals surface area contributed by atoms with Crippen molar-refractivity contribution >= 4 is 5.97 Å². The van der Waals surface area contributed by atoms with E-state index < -0.39 is 11.5 Å². The molecule has 0 spiro atoms. The van der Waals surface area contributed by atoms with E-state index >= 15 is 0 Å². The van der Waals surface area contributed by atoms with Gasteiger partial charge in [0, 0.05) is 0 Å². The van der Waals surface area contributed by atoms with Crippen LogP contribution in [0, 0.1) is 5.41 Å². The number of aliphatic carboxylic acids is 1. The molecule has 16 heavy (non-hydrogen) atoms. The second-order valence-electron chi connectivity index (χ2n) is 6.33. The predicted octanol–water partition coefficient (Wildman–Crippen LogP) is 2.75. The van der Waals surface area contributed by atoms with Crippen LogP contribution >= 0.6 is 0 Å². The van der Waals surface area contributed by atoms with Crippen LogP contribution in [0.15, 0.2) is 0 Å². The Labute approximate surface area is 98.8 Å². The molecule has 0 saturated carbocycles. The van der Waals surface area contributed by atoms with E-state index in [-0.39, 0.29) is 5.41 Å². The number of carboxylic acids is 1. The van der Waals surface area contributed by atoms with E-state index in [1.165, 1.54) is 0 Å². The SMILES string of the molecule is CC(C)(C)CCN1CCCCC1(C)C(=O)O. The molecule has 1 aliphatic heterocycles. The van der Waals surface area contributed by atoms with Crippen LogP contribution in [0.25, 0.3) is 0 Å². The highest BCUT2D eigenvalue weighted by Gasteiger charge is 2.41.